The quantitative estimate of drug-likeness (QED) is 0.186. The van der Waals surface area contributed by atoms with Crippen LogP contribution in [0.3, 0.4) is 0 Å². The molecule has 1 N–H and O–H groups in total. The minimum absolute atomic E-state index is 0.104. The van der Waals surface area contributed by atoms with Crippen molar-refractivity contribution < 1.29 is 19.2 Å². The van der Waals surface area contributed by atoms with Gasteiger partial charge in [0.2, 0.25) is 0 Å². The van der Waals surface area contributed by atoms with E-state index in [9.17, 15) is 20.2 Å². The van der Waals surface area contributed by atoms with E-state index in [0.717, 1.165) is 10.0 Å². The number of benzene rings is 3. The molecule has 3 rings (SSSR count). The number of hydrogen-bond acceptors (Lipinski definition) is 6. The molecule has 0 saturated carbocycles. The smallest absolute Gasteiger partial charge is 0.269 e. The van der Waals surface area contributed by atoms with E-state index in [1.165, 1.54) is 37.5 Å². The van der Waals surface area contributed by atoms with Crippen molar-refractivity contribution in [2.24, 2.45) is 0 Å². The number of hydrogen-bond donors (Lipinski definition) is 1. The van der Waals surface area contributed by atoms with Crippen LogP contribution in [0.2, 0.25) is 0 Å². The number of methoxy groups -OCH3 is 1. The van der Waals surface area contributed by atoms with Crippen molar-refractivity contribution in [2.75, 3.05) is 12.4 Å². The first-order chi connectivity index (χ1) is 15.9. The highest BCUT2D eigenvalue weighted by Crippen LogP contribution is 2.33. The molecule has 0 aliphatic heterocycles. The van der Waals surface area contributed by atoms with Gasteiger partial charge in [0.05, 0.1) is 12.0 Å². The molecule has 0 radical (unpaired) electrons. The van der Waals surface area contributed by atoms with Crippen LogP contribution in [0.15, 0.2) is 76.8 Å². The van der Waals surface area contributed by atoms with Crippen molar-refractivity contribution in [3.05, 3.63) is 98.0 Å². The summed E-state index contributed by atoms with van der Waals surface area (Å²) in [6.07, 6.45) is 1.40. The van der Waals surface area contributed by atoms with Gasteiger partial charge in [0.15, 0.2) is 11.5 Å². The summed E-state index contributed by atoms with van der Waals surface area (Å²) in [5.41, 5.74) is 1.46. The third-order valence-corrected chi connectivity index (χ3v) is 5.06. The Morgan fingerprint density at radius 2 is 1.85 bits per heavy atom. The molecule has 1 amide bonds. The lowest BCUT2D eigenvalue weighted by atomic mass is 10.1. The first-order valence-electron chi connectivity index (χ1n) is 9.63. The van der Waals surface area contributed by atoms with Gasteiger partial charge >= 0.3 is 0 Å². The van der Waals surface area contributed by atoms with E-state index >= 15 is 0 Å². The first-order valence-corrected chi connectivity index (χ1v) is 10.4. The molecule has 0 saturated heterocycles. The minimum Gasteiger partial charge on any atom is -0.493 e. The Hall–Kier alpha value is -4.16. The van der Waals surface area contributed by atoms with E-state index < -0.39 is 10.8 Å². The van der Waals surface area contributed by atoms with E-state index in [4.69, 9.17) is 9.47 Å². The molecule has 0 aliphatic rings. The Kier molecular flexibility index (Phi) is 7.78. The van der Waals surface area contributed by atoms with Crippen molar-refractivity contribution in [3.8, 4) is 17.6 Å². The number of nitrogens with one attached hydrogen (secondary N) is 1. The lowest BCUT2D eigenvalue weighted by Crippen LogP contribution is -2.13. The van der Waals surface area contributed by atoms with Crippen LogP contribution in [0, 0.1) is 21.4 Å². The maximum Gasteiger partial charge on any atom is 0.269 e. The highest BCUT2D eigenvalue weighted by Gasteiger charge is 2.15. The van der Waals surface area contributed by atoms with Crippen LogP contribution in [0.1, 0.15) is 11.1 Å². The van der Waals surface area contributed by atoms with Gasteiger partial charge in [0.25, 0.3) is 11.6 Å². The molecule has 0 heterocycles. The van der Waals surface area contributed by atoms with Crippen molar-refractivity contribution in [1.82, 2.24) is 0 Å². The number of carbonyl (C=O) groups is 1. The van der Waals surface area contributed by atoms with Crippen LogP contribution < -0.4 is 14.8 Å². The van der Waals surface area contributed by atoms with Crippen molar-refractivity contribution in [2.45, 2.75) is 6.61 Å². The van der Waals surface area contributed by atoms with Crippen molar-refractivity contribution >= 4 is 39.3 Å². The maximum atomic E-state index is 12.6. The zero-order chi connectivity index (χ0) is 23.8. The van der Waals surface area contributed by atoms with E-state index in [-0.39, 0.29) is 17.9 Å². The summed E-state index contributed by atoms with van der Waals surface area (Å²) >= 11 is 3.39. The second kappa shape index (κ2) is 10.9. The number of nitrogens with zero attached hydrogens (tertiary/aromatic N) is 2. The molecule has 0 unspecified atom stereocenters. The van der Waals surface area contributed by atoms with Gasteiger partial charge in [0, 0.05) is 27.9 Å². The summed E-state index contributed by atoms with van der Waals surface area (Å²) in [5, 5.41) is 22.9. The van der Waals surface area contributed by atoms with Gasteiger partial charge < -0.3 is 14.8 Å². The van der Waals surface area contributed by atoms with Gasteiger partial charge in [-0.1, -0.05) is 40.2 Å². The first kappa shape index (κ1) is 23.5. The highest BCUT2D eigenvalue weighted by molar-refractivity contribution is 9.10. The number of carbonyl (C=O) groups excluding carboxylic acids is 1. The Morgan fingerprint density at radius 1 is 1.15 bits per heavy atom. The summed E-state index contributed by atoms with van der Waals surface area (Å²) in [6.45, 7) is 0.255. The van der Waals surface area contributed by atoms with Gasteiger partial charge in [0.1, 0.15) is 18.2 Å². The normalized spacial score (nSPS) is 10.8. The SMILES string of the molecule is COc1cccc(C=C(C#N)C(=O)Nc2ccc([N+](=O)[O-])cc2)c1OCc1ccc(Br)cc1. The van der Waals surface area contributed by atoms with E-state index in [1.54, 1.807) is 18.2 Å². The predicted molar refractivity (Wildman–Crippen MR) is 127 cm³/mol. The fourth-order valence-electron chi connectivity index (χ4n) is 2.87. The third-order valence-electron chi connectivity index (χ3n) is 4.53. The van der Waals surface area contributed by atoms with Crippen molar-refractivity contribution in [3.63, 3.8) is 0 Å². The van der Waals surface area contributed by atoms with Crippen molar-refractivity contribution in [1.29, 1.82) is 5.26 Å². The summed E-state index contributed by atoms with van der Waals surface area (Å²) in [4.78, 5) is 22.9. The number of nitriles is 1. The summed E-state index contributed by atoms with van der Waals surface area (Å²) in [7, 11) is 1.50. The Labute approximate surface area is 198 Å². The largest absolute Gasteiger partial charge is 0.493 e. The molecule has 0 atom stereocenters. The topological polar surface area (TPSA) is 114 Å². The van der Waals surface area contributed by atoms with Gasteiger partial charge in [-0.25, -0.2) is 0 Å². The van der Waals surface area contributed by atoms with Crippen LogP contribution in [-0.2, 0) is 11.4 Å². The molecule has 0 fully saturated rings. The fourth-order valence-corrected chi connectivity index (χ4v) is 3.13. The molecule has 33 heavy (non-hydrogen) atoms. The van der Waals surface area contributed by atoms with Gasteiger partial charge in [-0.2, -0.15) is 5.26 Å². The number of halogens is 1. The second-order valence-corrected chi connectivity index (χ2v) is 7.64. The lowest BCUT2D eigenvalue weighted by molar-refractivity contribution is -0.384. The molecule has 0 aromatic heterocycles. The molecule has 0 aliphatic carbocycles. The monoisotopic (exact) mass is 507 g/mol. The molecule has 3 aromatic rings. The number of nitro groups is 1. The Morgan fingerprint density at radius 3 is 2.45 bits per heavy atom. The van der Waals surface area contributed by atoms with Gasteiger partial charge in [-0.15, -0.1) is 0 Å². The number of anilines is 1. The number of para-hydroxylation sites is 1. The average molecular weight is 508 g/mol. The number of amides is 1. The number of ether oxygens (including phenoxy) is 2. The third kappa shape index (κ3) is 6.18. The van der Waals surface area contributed by atoms with E-state index in [2.05, 4.69) is 21.2 Å². The Balaban J connectivity index is 1.84. The van der Waals surface area contributed by atoms with Crippen LogP contribution in [0.25, 0.3) is 6.08 Å². The average Bonchev–Trinajstić information content (AvgIpc) is 2.82. The maximum absolute atomic E-state index is 12.6. The van der Waals surface area contributed by atoms with Crippen LogP contribution >= 0.6 is 15.9 Å². The predicted octanol–water partition coefficient (Wildman–Crippen LogP) is 5.49. The number of rotatable bonds is 8. The molecule has 9 heteroatoms. The van der Waals surface area contributed by atoms with E-state index in [1.807, 2.05) is 30.3 Å². The van der Waals surface area contributed by atoms with Gasteiger partial charge in [-0.05, 0) is 42.0 Å². The van der Waals surface area contributed by atoms with E-state index in [0.29, 0.717) is 22.7 Å². The van der Waals surface area contributed by atoms with Crippen LogP contribution in [0.4, 0.5) is 11.4 Å². The number of non-ortho nitro benzene ring substituents is 1. The molecular formula is C24H18BrN3O5. The lowest BCUT2D eigenvalue weighted by Gasteiger charge is -2.14. The zero-order valence-corrected chi connectivity index (χ0v) is 19.0. The Bertz CT molecular complexity index is 1230. The minimum atomic E-state index is -0.659. The second-order valence-electron chi connectivity index (χ2n) is 6.72. The van der Waals surface area contributed by atoms with Crippen LogP contribution in [-0.4, -0.2) is 17.9 Å². The summed E-state index contributed by atoms with van der Waals surface area (Å²) < 4.78 is 12.3. The fraction of sp³-hybridized carbons (Fsp3) is 0.0833. The molecule has 3 aromatic carbocycles. The zero-order valence-electron chi connectivity index (χ0n) is 17.4. The molecular weight excluding hydrogens is 490 g/mol. The highest BCUT2D eigenvalue weighted by atomic mass is 79.9. The number of nitro benzene ring substituents is 1. The molecule has 0 spiro atoms. The standard InChI is InChI=1S/C24H18BrN3O5/c1-32-22-4-2-3-17(23(22)33-15-16-5-7-19(25)8-6-16)13-18(14-26)24(29)27-20-9-11-21(12-10-20)28(30)31/h2-13H,15H2,1H3,(H,27,29). The summed E-state index contributed by atoms with van der Waals surface area (Å²) in [6, 6.07) is 20.0. The summed E-state index contributed by atoms with van der Waals surface area (Å²) in [5.74, 6) is 0.181. The van der Waals surface area contributed by atoms with Gasteiger partial charge in [-0.3, -0.25) is 14.9 Å². The molecule has 166 valence electrons. The van der Waals surface area contributed by atoms with Crippen LogP contribution in [0.5, 0.6) is 11.5 Å². The molecule has 0 bridgehead atoms. The molecule has 8 nitrogen and oxygen atoms in total.